The second-order valence-corrected chi connectivity index (χ2v) is 9.59. The minimum absolute atomic E-state index is 0. The second kappa shape index (κ2) is 17.5. The molecule has 0 saturated carbocycles. The molecule has 1 atom stereocenters. The van der Waals surface area contributed by atoms with Crippen LogP contribution in [0.5, 0.6) is 5.75 Å². The smallest absolute Gasteiger partial charge is 0.748 e. The molecule has 0 heterocycles. The first-order valence-electron chi connectivity index (χ1n) is 11.6. The number of ether oxygens (including phenoxy) is 1. The van der Waals surface area contributed by atoms with Crippen molar-refractivity contribution >= 4 is 10.1 Å². The molecule has 0 bridgehead atoms. The van der Waals surface area contributed by atoms with Gasteiger partial charge in [-0.05, 0) is 49.3 Å². The van der Waals surface area contributed by atoms with E-state index in [1.165, 1.54) is 63.4 Å². The number of unbranched alkanes of at least 4 members (excludes halogenated alkanes) is 8. The van der Waals surface area contributed by atoms with Crippen molar-refractivity contribution in [1.29, 1.82) is 0 Å². The van der Waals surface area contributed by atoms with Crippen LogP contribution in [-0.2, 0) is 23.0 Å². The van der Waals surface area contributed by atoms with Crippen LogP contribution in [0.3, 0.4) is 0 Å². The standard InChI is InChI=1S/C24H42O4S.Na/c1-4-7-9-11-13-15-21-17-18-24(28-23(6-3)20-29(25,26)27)22(19-21)16-14-12-10-8-5-2;/h17-19,23H,4-16,20H2,1-3H3,(H,25,26,27);/q;+1/p-1. The first kappa shape index (κ1) is 29.9. The molecule has 0 aliphatic carbocycles. The van der Waals surface area contributed by atoms with Crippen LogP contribution in [-0.4, -0.2) is 24.8 Å². The van der Waals surface area contributed by atoms with Crippen molar-refractivity contribution in [1.82, 2.24) is 0 Å². The van der Waals surface area contributed by atoms with Crippen LogP contribution >= 0.6 is 0 Å². The molecule has 30 heavy (non-hydrogen) atoms. The summed E-state index contributed by atoms with van der Waals surface area (Å²) in [6, 6.07) is 6.30. The van der Waals surface area contributed by atoms with Gasteiger partial charge >= 0.3 is 29.6 Å². The molecule has 0 radical (unpaired) electrons. The van der Waals surface area contributed by atoms with E-state index in [1.807, 2.05) is 13.0 Å². The number of rotatable bonds is 17. The maximum Gasteiger partial charge on any atom is 1.00 e. The molecule has 1 aromatic carbocycles. The van der Waals surface area contributed by atoms with Gasteiger partial charge < -0.3 is 9.29 Å². The van der Waals surface area contributed by atoms with Crippen LogP contribution in [0.25, 0.3) is 0 Å². The molecule has 168 valence electrons. The maximum atomic E-state index is 11.2. The molecule has 0 aliphatic rings. The Morgan fingerprint density at radius 1 is 0.867 bits per heavy atom. The van der Waals surface area contributed by atoms with E-state index < -0.39 is 22.0 Å². The van der Waals surface area contributed by atoms with E-state index in [0.29, 0.717) is 6.42 Å². The zero-order chi connectivity index (χ0) is 21.5. The maximum absolute atomic E-state index is 11.2. The van der Waals surface area contributed by atoms with Gasteiger partial charge in [0, 0.05) is 0 Å². The van der Waals surface area contributed by atoms with Crippen molar-refractivity contribution in [2.45, 2.75) is 110 Å². The zero-order valence-electron chi connectivity index (χ0n) is 19.8. The van der Waals surface area contributed by atoms with Crippen molar-refractivity contribution in [3.05, 3.63) is 29.3 Å². The van der Waals surface area contributed by atoms with Gasteiger partial charge in [0.25, 0.3) is 0 Å². The van der Waals surface area contributed by atoms with Gasteiger partial charge in [-0.1, -0.05) is 84.3 Å². The molecule has 1 aromatic rings. The Bertz CT molecular complexity index is 661. The van der Waals surface area contributed by atoms with Crippen LogP contribution in [0.4, 0.5) is 0 Å². The summed E-state index contributed by atoms with van der Waals surface area (Å²) in [5.41, 5.74) is 2.47. The number of aryl methyl sites for hydroxylation is 2. The minimum Gasteiger partial charge on any atom is -0.748 e. The SMILES string of the molecule is CCCCCCCc1ccc(OC(CC)CS(=O)(=O)[O-])c(CCCCCCC)c1.[Na+]. The van der Waals surface area contributed by atoms with Crippen molar-refractivity contribution in [2.75, 3.05) is 5.75 Å². The first-order chi connectivity index (χ1) is 13.9. The Hall–Kier alpha value is -0.0700. The zero-order valence-corrected chi connectivity index (χ0v) is 22.6. The van der Waals surface area contributed by atoms with E-state index >= 15 is 0 Å². The Morgan fingerprint density at radius 3 is 1.97 bits per heavy atom. The Morgan fingerprint density at radius 2 is 1.43 bits per heavy atom. The first-order valence-corrected chi connectivity index (χ1v) is 13.2. The molecule has 0 spiro atoms. The van der Waals surface area contributed by atoms with Crippen LogP contribution in [0.2, 0.25) is 0 Å². The van der Waals surface area contributed by atoms with Crippen molar-refractivity contribution < 1.29 is 47.3 Å². The van der Waals surface area contributed by atoms with Crippen LogP contribution in [0.1, 0.15) is 103 Å². The summed E-state index contributed by atoms with van der Waals surface area (Å²) < 4.78 is 39.5. The van der Waals surface area contributed by atoms with Gasteiger partial charge in [-0.2, -0.15) is 0 Å². The van der Waals surface area contributed by atoms with E-state index in [-0.39, 0.29) is 29.6 Å². The third kappa shape index (κ3) is 14.1. The van der Waals surface area contributed by atoms with Gasteiger partial charge in [-0.25, -0.2) is 8.42 Å². The van der Waals surface area contributed by atoms with E-state index in [0.717, 1.165) is 30.6 Å². The summed E-state index contributed by atoms with van der Waals surface area (Å²) in [5, 5.41) is 0. The Labute approximate surface area is 207 Å². The molecule has 4 nitrogen and oxygen atoms in total. The molecule has 0 saturated heterocycles. The molecular formula is C24H41NaO4S. The Kier molecular flexibility index (Phi) is 17.4. The summed E-state index contributed by atoms with van der Waals surface area (Å²) in [4.78, 5) is 0. The molecule has 0 aliphatic heterocycles. The molecule has 1 rings (SSSR count). The second-order valence-electron chi connectivity index (χ2n) is 8.14. The van der Waals surface area contributed by atoms with Gasteiger partial charge in [0.1, 0.15) is 11.9 Å². The largest absolute Gasteiger partial charge is 1.00 e. The van der Waals surface area contributed by atoms with E-state index in [9.17, 15) is 13.0 Å². The van der Waals surface area contributed by atoms with Crippen molar-refractivity contribution in [3.8, 4) is 5.75 Å². The third-order valence-electron chi connectivity index (χ3n) is 5.38. The van der Waals surface area contributed by atoms with Crippen molar-refractivity contribution in [2.24, 2.45) is 0 Å². The molecule has 6 heteroatoms. The van der Waals surface area contributed by atoms with E-state index in [1.54, 1.807) is 0 Å². The quantitative estimate of drug-likeness (QED) is 0.208. The number of hydrogen-bond acceptors (Lipinski definition) is 4. The van der Waals surface area contributed by atoms with Gasteiger partial charge in [0.2, 0.25) is 0 Å². The van der Waals surface area contributed by atoms with Crippen LogP contribution < -0.4 is 34.3 Å². The van der Waals surface area contributed by atoms with Gasteiger partial charge in [-0.3, -0.25) is 0 Å². The summed E-state index contributed by atoms with van der Waals surface area (Å²) in [7, 11) is -4.30. The molecule has 0 aromatic heterocycles. The summed E-state index contributed by atoms with van der Waals surface area (Å²) in [5.74, 6) is 0.268. The topological polar surface area (TPSA) is 66.4 Å². The average Bonchev–Trinajstić information content (AvgIpc) is 2.67. The van der Waals surface area contributed by atoms with Gasteiger partial charge in [0.15, 0.2) is 0 Å². The summed E-state index contributed by atoms with van der Waals surface area (Å²) in [6.07, 6.45) is 14.3. The van der Waals surface area contributed by atoms with Gasteiger partial charge in [0.05, 0.1) is 15.9 Å². The Balaban J connectivity index is 0.00000841. The molecular weight excluding hydrogens is 407 g/mol. The fraction of sp³-hybridized carbons (Fsp3) is 0.750. The van der Waals surface area contributed by atoms with E-state index in [2.05, 4.69) is 26.0 Å². The average molecular weight is 449 g/mol. The van der Waals surface area contributed by atoms with Gasteiger partial charge in [-0.15, -0.1) is 0 Å². The minimum atomic E-state index is -4.30. The molecule has 0 N–H and O–H groups in total. The van der Waals surface area contributed by atoms with E-state index in [4.69, 9.17) is 4.74 Å². The summed E-state index contributed by atoms with van der Waals surface area (Å²) in [6.45, 7) is 6.29. The fourth-order valence-corrected chi connectivity index (χ4v) is 4.35. The van der Waals surface area contributed by atoms with Crippen LogP contribution in [0.15, 0.2) is 18.2 Å². The molecule has 1 unspecified atom stereocenters. The monoisotopic (exact) mass is 448 g/mol. The predicted molar refractivity (Wildman–Crippen MR) is 121 cm³/mol. The number of benzene rings is 1. The fourth-order valence-electron chi connectivity index (χ4n) is 3.59. The molecule has 0 fully saturated rings. The van der Waals surface area contributed by atoms with Crippen LogP contribution in [0, 0.1) is 0 Å². The van der Waals surface area contributed by atoms with Crippen molar-refractivity contribution in [3.63, 3.8) is 0 Å². The summed E-state index contributed by atoms with van der Waals surface area (Å²) >= 11 is 0. The number of hydrogen-bond donors (Lipinski definition) is 0. The predicted octanol–water partition coefficient (Wildman–Crippen LogP) is 3.42. The normalized spacial score (nSPS) is 12.4. The third-order valence-corrected chi connectivity index (χ3v) is 6.16. The molecule has 0 amide bonds.